The number of nitrogens with two attached hydrogens (primary N) is 1. The molecule has 0 bridgehead atoms. The van der Waals surface area contributed by atoms with E-state index in [1.807, 2.05) is 14.7 Å². The maximum absolute atomic E-state index is 13.7. The number of amides is 7. The SMILES string of the molecule is CCCCCCCCN(CCCCCCCC)C(=O)CNC(=O)COc1cc(C(=O)NN)cc(OCC(=O)NCC(=O)N(CCCCCCCC)CCCCCCCC)c1OCC(=O)NCC(=O)N(CCCCCCCC)CCCCCCCC. The molecule has 0 unspecified atom stereocenters. The van der Waals surface area contributed by atoms with Crippen LogP contribution in [0.3, 0.4) is 0 Å². The van der Waals surface area contributed by atoms with Gasteiger partial charge in [0.05, 0.1) is 19.6 Å². The van der Waals surface area contributed by atoms with E-state index in [2.05, 4.69) is 62.9 Å². The lowest BCUT2D eigenvalue weighted by atomic mass is 10.1. The van der Waals surface area contributed by atoms with E-state index in [0.717, 1.165) is 167 Å². The van der Waals surface area contributed by atoms with E-state index in [-0.39, 0.29) is 60.2 Å². The Kier molecular flexibility index (Phi) is 49.7. The summed E-state index contributed by atoms with van der Waals surface area (Å²) in [5.74, 6) is 1.70. The van der Waals surface area contributed by atoms with Crippen LogP contribution >= 0.6 is 0 Å². The van der Waals surface area contributed by atoms with Gasteiger partial charge >= 0.3 is 0 Å². The first-order chi connectivity index (χ1) is 41.4. The summed E-state index contributed by atoms with van der Waals surface area (Å²) in [5.41, 5.74) is 1.99. The van der Waals surface area contributed by atoms with Crippen LogP contribution in [0, 0.1) is 0 Å². The van der Waals surface area contributed by atoms with Crippen molar-refractivity contribution < 1.29 is 47.8 Å². The van der Waals surface area contributed by atoms with E-state index in [9.17, 15) is 33.6 Å². The molecule has 7 amide bonds. The van der Waals surface area contributed by atoms with Gasteiger partial charge in [0.25, 0.3) is 23.6 Å². The largest absolute Gasteiger partial charge is 0.480 e. The second kappa shape index (κ2) is 54.3. The maximum Gasteiger partial charge on any atom is 0.265 e. The smallest absolute Gasteiger partial charge is 0.265 e. The molecule has 0 radical (unpaired) electrons. The normalized spacial score (nSPS) is 11.0. The molecule has 0 heterocycles. The van der Waals surface area contributed by atoms with Gasteiger partial charge in [0, 0.05) is 44.8 Å². The average Bonchev–Trinajstić information content (AvgIpc) is 3.31. The van der Waals surface area contributed by atoms with Gasteiger partial charge in [0.2, 0.25) is 23.5 Å². The minimum Gasteiger partial charge on any atom is -0.480 e. The first-order valence-corrected chi connectivity index (χ1v) is 34.1. The van der Waals surface area contributed by atoms with Crippen LogP contribution in [0.25, 0.3) is 0 Å². The summed E-state index contributed by atoms with van der Waals surface area (Å²) in [6.45, 7) is 14.1. The summed E-state index contributed by atoms with van der Waals surface area (Å²) in [7, 11) is 0. The first kappa shape index (κ1) is 77.9. The number of benzene rings is 1. The molecule has 6 N–H and O–H groups in total. The number of nitrogen functional groups attached to an aromatic ring is 1. The molecule has 0 aliphatic rings. The molecule has 18 heteroatoms. The minimum absolute atomic E-state index is 0.0862. The number of nitrogens with one attached hydrogen (secondary N) is 4. The summed E-state index contributed by atoms with van der Waals surface area (Å²) in [5, 5.41) is 8.08. The van der Waals surface area contributed by atoms with Crippen LogP contribution in [-0.2, 0) is 28.8 Å². The predicted octanol–water partition coefficient (Wildman–Crippen LogP) is 12.4. The molecule has 0 spiro atoms. The monoisotopic (exact) mass is 1200 g/mol. The number of hydrogen-bond donors (Lipinski definition) is 5. The van der Waals surface area contributed by atoms with Crippen LogP contribution in [0.5, 0.6) is 17.2 Å². The molecule has 1 aromatic carbocycles. The Balaban J connectivity index is 3.41. The summed E-state index contributed by atoms with van der Waals surface area (Å²) < 4.78 is 18.1. The average molecular weight is 1200 g/mol. The molecule has 0 saturated carbocycles. The summed E-state index contributed by atoms with van der Waals surface area (Å²) in [6, 6.07) is 2.52. The fourth-order valence-corrected chi connectivity index (χ4v) is 10.2. The number of carbonyl (C=O) groups is 7. The number of unbranched alkanes of at least 4 members (excludes halogenated alkanes) is 30. The van der Waals surface area contributed by atoms with E-state index in [0.29, 0.717) is 39.3 Å². The Bertz CT molecular complexity index is 1790. The van der Waals surface area contributed by atoms with Gasteiger partial charge in [-0.1, -0.05) is 234 Å². The zero-order valence-electron chi connectivity index (χ0n) is 54.6. The summed E-state index contributed by atoms with van der Waals surface area (Å²) in [4.78, 5) is 100. The highest BCUT2D eigenvalue weighted by Crippen LogP contribution is 2.39. The molecular weight excluding hydrogens is 1080 g/mol. The number of carbonyl (C=O) groups excluding carboxylic acids is 7. The van der Waals surface area contributed by atoms with Gasteiger partial charge in [-0.05, 0) is 50.7 Å². The topological polar surface area (TPSA) is 231 Å². The quantitative estimate of drug-likeness (QED) is 0.0178. The van der Waals surface area contributed by atoms with Crippen LogP contribution < -0.4 is 41.4 Å². The molecule has 0 aliphatic carbocycles. The Hall–Kier alpha value is -5.13. The standard InChI is InChI=1S/C67H122N8O10/c1-7-13-19-25-31-37-43-73(44-38-32-26-20-14-8-2)63(79)51-69-60(76)54-83-58-49-57(67(82)72-68)50-59(84-55-61(77)70-52-64(80)74(45-39-33-27-21-15-9-3)46-40-34-28-22-16-10-4)66(58)85-56-62(78)71-53-65(81)75(47-41-35-29-23-17-11-5)48-42-36-30-24-18-12-6/h49-50H,7-48,51-56,68H2,1-6H3,(H,69,76)(H,70,77)(H,71,78)(H,72,82). The molecule has 0 fully saturated rings. The molecule has 0 saturated heterocycles. The second-order valence-electron chi connectivity index (χ2n) is 23.2. The third kappa shape index (κ3) is 40.8. The highest BCUT2D eigenvalue weighted by molar-refractivity contribution is 5.95. The highest BCUT2D eigenvalue weighted by Gasteiger charge is 2.24. The van der Waals surface area contributed by atoms with E-state index >= 15 is 0 Å². The molecule has 1 aromatic rings. The lowest BCUT2D eigenvalue weighted by Gasteiger charge is -2.23. The van der Waals surface area contributed by atoms with Crippen molar-refractivity contribution in [1.29, 1.82) is 0 Å². The van der Waals surface area contributed by atoms with Crippen molar-refractivity contribution in [3.63, 3.8) is 0 Å². The van der Waals surface area contributed by atoms with Crippen LogP contribution in [0.1, 0.15) is 283 Å². The van der Waals surface area contributed by atoms with Crippen molar-refractivity contribution in [2.75, 3.05) is 78.7 Å². The number of nitrogens with zero attached hydrogens (tertiary/aromatic N) is 3. The lowest BCUT2D eigenvalue weighted by molar-refractivity contribution is -0.133. The van der Waals surface area contributed by atoms with Gasteiger partial charge < -0.3 is 44.9 Å². The molecule has 0 aromatic heterocycles. The van der Waals surface area contributed by atoms with Crippen LogP contribution in [-0.4, -0.2) is 135 Å². The molecular formula is C67H122N8O10. The zero-order chi connectivity index (χ0) is 62.4. The van der Waals surface area contributed by atoms with Crippen LogP contribution in [0.2, 0.25) is 0 Å². The number of ether oxygens (including phenoxy) is 3. The predicted molar refractivity (Wildman–Crippen MR) is 344 cm³/mol. The Morgan fingerprint density at radius 3 is 0.800 bits per heavy atom. The highest BCUT2D eigenvalue weighted by atomic mass is 16.5. The minimum atomic E-state index is -0.763. The van der Waals surface area contributed by atoms with Crippen LogP contribution in [0.4, 0.5) is 0 Å². The van der Waals surface area contributed by atoms with Crippen molar-refractivity contribution >= 4 is 41.4 Å². The van der Waals surface area contributed by atoms with Gasteiger partial charge in [-0.25, -0.2) is 5.84 Å². The molecule has 490 valence electrons. The van der Waals surface area contributed by atoms with E-state index < -0.39 is 43.4 Å². The van der Waals surface area contributed by atoms with Crippen molar-refractivity contribution in [2.24, 2.45) is 5.84 Å². The van der Waals surface area contributed by atoms with E-state index in [1.165, 1.54) is 76.3 Å². The fraction of sp³-hybridized carbons (Fsp3) is 0.806. The van der Waals surface area contributed by atoms with Crippen molar-refractivity contribution in [3.05, 3.63) is 17.7 Å². The number of hydrogen-bond acceptors (Lipinski definition) is 11. The van der Waals surface area contributed by atoms with Gasteiger partial charge in [-0.2, -0.15) is 0 Å². The van der Waals surface area contributed by atoms with E-state index in [1.54, 1.807) is 0 Å². The van der Waals surface area contributed by atoms with Crippen molar-refractivity contribution in [2.45, 2.75) is 273 Å². The molecule has 0 atom stereocenters. The number of rotatable bonds is 58. The molecule has 0 aliphatic heterocycles. The number of hydrazine groups is 1. The molecule has 85 heavy (non-hydrogen) atoms. The van der Waals surface area contributed by atoms with Gasteiger partial charge in [0.1, 0.15) is 0 Å². The van der Waals surface area contributed by atoms with Gasteiger partial charge in [-0.15, -0.1) is 0 Å². The van der Waals surface area contributed by atoms with Gasteiger partial charge in [0.15, 0.2) is 31.3 Å². The van der Waals surface area contributed by atoms with E-state index in [4.69, 9.17) is 20.1 Å². The molecule has 18 nitrogen and oxygen atoms in total. The third-order valence-corrected chi connectivity index (χ3v) is 15.5. The molecule has 1 rings (SSSR count). The van der Waals surface area contributed by atoms with Gasteiger partial charge in [-0.3, -0.25) is 39.0 Å². The second-order valence-corrected chi connectivity index (χ2v) is 23.2. The van der Waals surface area contributed by atoms with Crippen LogP contribution in [0.15, 0.2) is 12.1 Å². The fourth-order valence-electron chi connectivity index (χ4n) is 10.2. The van der Waals surface area contributed by atoms with Crippen molar-refractivity contribution in [3.8, 4) is 17.2 Å². The lowest BCUT2D eigenvalue weighted by Crippen LogP contribution is -2.42. The first-order valence-electron chi connectivity index (χ1n) is 34.1. The summed E-state index contributed by atoms with van der Waals surface area (Å²) in [6.07, 6.45) is 39.1. The Morgan fingerprint density at radius 2 is 0.565 bits per heavy atom. The third-order valence-electron chi connectivity index (χ3n) is 15.5. The summed E-state index contributed by atoms with van der Waals surface area (Å²) >= 11 is 0. The Labute approximate surface area is 515 Å². The Morgan fingerprint density at radius 1 is 0.341 bits per heavy atom. The van der Waals surface area contributed by atoms with Crippen molar-refractivity contribution in [1.82, 2.24) is 36.1 Å². The maximum atomic E-state index is 13.7. The zero-order valence-corrected chi connectivity index (χ0v) is 54.6.